The molecule has 10 heavy (non-hydrogen) atoms. The van der Waals surface area contributed by atoms with Gasteiger partial charge in [-0.05, 0) is 32.6 Å². The highest BCUT2D eigenvalue weighted by Gasteiger charge is 2.26. The first-order valence-electron chi connectivity index (χ1n) is 3.96. The predicted octanol–water partition coefficient (Wildman–Crippen LogP) is 1.29. The summed E-state index contributed by atoms with van der Waals surface area (Å²) in [7, 11) is 1.78. The van der Waals surface area contributed by atoms with Gasteiger partial charge in [-0.1, -0.05) is 0 Å². The Morgan fingerprint density at radius 1 is 1.40 bits per heavy atom. The minimum atomic E-state index is 0.0784. The van der Waals surface area contributed by atoms with E-state index in [2.05, 4.69) is 6.92 Å². The van der Waals surface area contributed by atoms with Crippen molar-refractivity contribution in [2.45, 2.75) is 44.2 Å². The molecule has 1 saturated carbocycles. The highest BCUT2D eigenvalue weighted by Crippen LogP contribution is 2.26. The van der Waals surface area contributed by atoms with Crippen molar-refractivity contribution >= 4 is 0 Å². The molecule has 0 radical (unpaired) electrons. The van der Waals surface area contributed by atoms with E-state index < -0.39 is 0 Å². The molecule has 0 spiro atoms. The average molecular weight is 143 g/mol. The summed E-state index contributed by atoms with van der Waals surface area (Å²) in [5.41, 5.74) is 6.02. The van der Waals surface area contributed by atoms with Crippen LogP contribution in [0.1, 0.15) is 32.6 Å². The number of hydrogen-bond donors (Lipinski definition) is 1. The molecule has 1 aliphatic rings. The molecule has 2 N–H and O–H groups in total. The molecule has 0 aromatic rings. The molecule has 1 aliphatic carbocycles. The van der Waals surface area contributed by atoms with Crippen LogP contribution in [0.4, 0.5) is 0 Å². The lowest BCUT2D eigenvalue weighted by molar-refractivity contribution is 0.0531. The highest BCUT2D eigenvalue weighted by molar-refractivity contribution is 4.85. The van der Waals surface area contributed by atoms with E-state index in [1.54, 1.807) is 7.11 Å². The third kappa shape index (κ3) is 1.96. The van der Waals surface area contributed by atoms with Crippen LogP contribution in [0, 0.1) is 0 Å². The molecule has 2 nitrogen and oxygen atoms in total. The summed E-state index contributed by atoms with van der Waals surface area (Å²) < 4.78 is 5.23. The number of ether oxygens (including phenoxy) is 1. The molecular weight excluding hydrogens is 126 g/mol. The molecule has 0 saturated heterocycles. The number of methoxy groups -OCH3 is 1. The molecule has 60 valence electrons. The van der Waals surface area contributed by atoms with Gasteiger partial charge < -0.3 is 10.5 Å². The summed E-state index contributed by atoms with van der Waals surface area (Å²) in [6.07, 6.45) is 4.93. The van der Waals surface area contributed by atoms with Crippen molar-refractivity contribution in [1.82, 2.24) is 0 Å². The van der Waals surface area contributed by atoms with Crippen LogP contribution < -0.4 is 5.73 Å². The minimum Gasteiger partial charge on any atom is -0.381 e. The van der Waals surface area contributed by atoms with Gasteiger partial charge >= 0.3 is 0 Å². The van der Waals surface area contributed by atoms with Crippen molar-refractivity contribution in [3.63, 3.8) is 0 Å². The minimum absolute atomic E-state index is 0.0784. The van der Waals surface area contributed by atoms with Gasteiger partial charge in [0.1, 0.15) is 0 Å². The van der Waals surface area contributed by atoms with Gasteiger partial charge in [0.25, 0.3) is 0 Å². The van der Waals surface area contributed by atoms with Crippen molar-refractivity contribution in [3.05, 3.63) is 0 Å². The molecule has 0 aromatic carbocycles. The van der Waals surface area contributed by atoms with Crippen molar-refractivity contribution < 1.29 is 4.74 Å². The zero-order valence-electron chi connectivity index (χ0n) is 6.89. The van der Waals surface area contributed by atoms with E-state index in [0.29, 0.717) is 6.10 Å². The zero-order chi connectivity index (χ0) is 7.61. The van der Waals surface area contributed by atoms with Crippen LogP contribution >= 0.6 is 0 Å². The molecule has 1 rings (SSSR count). The maximum absolute atomic E-state index is 5.94. The first-order chi connectivity index (χ1) is 4.64. The SMILES string of the molecule is CO[C@H]1CC[C@](C)(N)CC1. The average Bonchev–Trinajstić information content (AvgIpc) is 1.88. The van der Waals surface area contributed by atoms with Gasteiger partial charge in [0.2, 0.25) is 0 Å². The first kappa shape index (κ1) is 8.02. The van der Waals surface area contributed by atoms with Gasteiger partial charge in [-0.3, -0.25) is 0 Å². The number of rotatable bonds is 1. The standard InChI is InChI=1S/C8H17NO/c1-8(9)5-3-7(10-2)4-6-8/h7H,3-6,9H2,1-2H3/t7-,8-. The van der Waals surface area contributed by atoms with E-state index in [0.717, 1.165) is 25.7 Å². The van der Waals surface area contributed by atoms with E-state index >= 15 is 0 Å². The predicted molar refractivity (Wildman–Crippen MR) is 41.9 cm³/mol. The van der Waals surface area contributed by atoms with Gasteiger partial charge in [-0.15, -0.1) is 0 Å². The van der Waals surface area contributed by atoms with E-state index in [-0.39, 0.29) is 5.54 Å². The first-order valence-corrected chi connectivity index (χ1v) is 3.96. The third-order valence-electron chi connectivity index (χ3n) is 2.41. The van der Waals surface area contributed by atoms with Crippen LogP contribution in [-0.2, 0) is 4.74 Å². The monoisotopic (exact) mass is 143 g/mol. The largest absolute Gasteiger partial charge is 0.381 e. The van der Waals surface area contributed by atoms with E-state index in [9.17, 15) is 0 Å². The van der Waals surface area contributed by atoms with Crippen molar-refractivity contribution in [2.24, 2.45) is 5.73 Å². The Morgan fingerprint density at radius 2 is 1.90 bits per heavy atom. The van der Waals surface area contributed by atoms with Gasteiger partial charge in [-0.25, -0.2) is 0 Å². The molecule has 0 heterocycles. The Balaban J connectivity index is 2.31. The van der Waals surface area contributed by atoms with Crippen molar-refractivity contribution in [3.8, 4) is 0 Å². The lowest BCUT2D eigenvalue weighted by Crippen LogP contribution is -2.41. The van der Waals surface area contributed by atoms with Gasteiger partial charge in [0.05, 0.1) is 6.10 Å². The van der Waals surface area contributed by atoms with Crippen LogP contribution in [0.25, 0.3) is 0 Å². The van der Waals surface area contributed by atoms with Gasteiger partial charge in [0, 0.05) is 12.6 Å². The Hall–Kier alpha value is -0.0800. The molecule has 2 heteroatoms. The van der Waals surface area contributed by atoms with Crippen LogP contribution in [0.3, 0.4) is 0 Å². The summed E-state index contributed by atoms with van der Waals surface area (Å²) >= 11 is 0. The Labute approximate surface area is 62.7 Å². The van der Waals surface area contributed by atoms with E-state index in [1.807, 2.05) is 0 Å². The highest BCUT2D eigenvalue weighted by atomic mass is 16.5. The van der Waals surface area contributed by atoms with Crippen LogP contribution in [0.15, 0.2) is 0 Å². The van der Waals surface area contributed by atoms with Gasteiger partial charge in [0.15, 0.2) is 0 Å². The van der Waals surface area contributed by atoms with Gasteiger partial charge in [-0.2, -0.15) is 0 Å². The fourth-order valence-electron chi connectivity index (χ4n) is 1.49. The topological polar surface area (TPSA) is 35.2 Å². The Morgan fingerprint density at radius 3 is 2.30 bits per heavy atom. The Bertz CT molecular complexity index is 102. The maximum Gasteiger partial charge on any atom is 0.0572 e. The fourth-order valence-corrected chi connectivity index (χ4v) is 1.49. The molecule has 0 unspecified atom stereocenters. The normalized spacial score (nSPS) is 41.7. The summed E-state index contributed by atoms with van der Waals surface area (Å²) in [6, 6.07) is 0. The lowest BCUT2D eigenvalue weighted by atomic mass is 9.83. The van der Waals surface area contributed by atoms with Crippen molar-refractivity contribution in [1.29, 1.82) is 0 Å². The van der Waals surface area contributed by atoms with E-state index in [1.165, 1.54) is 0 Å². The molecule has 0 aromatic heterocycles. The number of nitrogens with two attached hydrogens (primary N) is 1. The van der Waals surface area contributed by atoms with Crippen LogP contribution in [-0.4, -0.2) is 18.8 Å². The fraction of sp³-hybridized carbons (Fsp3) is 1.00. The Kier molecular flexibility index (Phi) is 2.32. The second-order valence-corrected chi connectivity index (χ2v) is 3.59. The smallest absolute Gasteiger partial charge is 0.0572 e. The molecule has 0 aliphatic heterocycles. The lowest BCUT2D eigenvalue weighted by Gasteiger charge is -2.33. The molecule has 0 amide bonds. The molecule has 0 atom stereocenters. The second kappa shape index (κ2) is 2.89. The van der Waals surface area contributed by atoms with Crippen molar-refractivity contribution in [2.75, 3.05) is 7.11 Å². The second-order valence-electron chi connectivity index (χ2n) is 3.59. The molecule has 1 fully saturated rings. The molecule has 0 bridgehead atoms. The third-order valence-corrected chi connectivity index (χ3v) is 2.41. The quantitative estimate of drug-likeness (QED) is 0.600. The maximum atomic E-state index is 5.94. The number of hydrogen-bond acceptors (Lipinski definition) is 2. The summed E-state index contributed by atoms with van der Waals surface area (Å²) in [6.45, 7) is 2.12. The molecular formula is C8H17NO. The summed E-state index contributed by atoms with van der Waals surface area (Å²) in [5, 5.41) is 0. The van der Waals surface area contributed by atoms with Crippen LogP contribution in [0.2, 0.25) is 0 Å². The van der Waals surface area contributed by atoms with Crippen LogP contribution in [0.5, 0.6) is 0 Å². The van der Waals surface area contributed by atoms with E-state index in [4.69, 9.17) is 10.5 Å². The summed E-state index contributed by atoms with van der Waals surface area (Å²) in [5.74, 6) is 0. The zero-order valence-corrected chi connectivity index (χ0v) is 6.89. The summed E-state index contributed by atoms with van der Waals surface area (Å²) in [4.78, 5) is 0.